The third-order valence-corrected chi connectivity index (χ3v) is 8.86. The first-order chi connectivity index (χ1) is 19.9. The average molecular weight is 556 g/mol. The van der Waals surface area contributed by atoms with Gasteiger partial charge in [-0.25, -0.2) is 14.6 Å². The standard InChI is InChI=1S/C31H33N5O5/c1-40-30(39)35-19-31(20-35)28(37)36(18-21-10-14-34(17-21)29(38)33-12-2-3-13-33)27(32-31)23-6-4-22(5-7-23)24-8-9-26-25(16-24)11-15-41-26/h4-9,11,15-16,21H,2-3,10,12-14,17-20H2,1H3/t21-/m1/s1. The first kappa shape index (κ1) is 25.6. The van der Waals surface area contributed by atoms with Gasteiger partial charge in [-0.05, 0) is 54.5 Å². The molecule has 0 bridgehead atoms. The summed E-state index contributed by atoms with van der Waals surface area (Å²) >= 11 is 0. The highest BCUT2D eigenvalue weighted by molar-refractivity contribution is 6.16. The van der Waals surface area contributed by atoms with E-state index in [0.717, 1.165) is 60.0 Å². The summed E-state index contributed by atoms with van der Waals surface area (Å²) in [5, 5.41) is 1.04. The largest absolute Gasteiger partial charge is 0.464 e. The quantitative estimate of drug-likeness (QED) is 0.484. The Balaban J connectivity index is 1.13. The Morgan fingerprint density at radius 3 is 2.44 bits per heavy atom. The number of benzene rings is 2. The van der Waals surface area contributed by atoms with Crippen LogP contribution in [0.2, 0.25) is 0 Å². The lowest BCUT2D eigenvalue weighted by atomic mass is 9.90. The number of nitrogens with zero attached hydrogens (tertiary/aromatic N) is 5. The molecule has 1 aromatic heterocycles. The minimum atomic E-state index is -0.988. The number of ether oxygens (including phenoxy) is 1. The van der Waals surface area contributed by atoms with Crippen molar-refractivity contribution in [1.29, 1.82) is 0 Å². The maximum Gasteiger partial charge on any atom is 0.409 e. The normalized spacial score (nSPS) is 21.6. The summed E-state index contributed by atoms with van der Waals surface area (Å²) in [6.45, 7) is 3.87. The van der Waals surface area contributed by atoms with Gasteiger partial charge >= 0.3 is 12.1 Å². The Bertz CT molecular complexity index is 1530. The third kappa shape index (κ3) is 4.42. The van der Waals surface area contributed by atoms with Gasteiger partial charge in [0.05, 0.1) is 26.5 Å². The molecule has 3 aromatic rings. The molecule has 2 aromatic carbocycles. The number of amides is 4. The molecule has 10 heteroatoms. The molecule has 0 radical (unpaired) electrons. The van der Waals surface area contributed by atoms with Gasteiger partial charge in [0.2, 0.25) is 0 Å². The number of hydrogen-bond donors (Lipinski definition) is 0. The van der Waals surface area contributed by atoms with E-state index in [1.54, 1.807) is 11.2 Å². The lowest BCUT2D eigenvalue weighted by Gasteiger charge is -2.43. The molecule has 3 saturated heterocycles. The minimum Gasteiger partial charge on any atom is -0.464 e. The van der Waals surface area contributed by atoms with Crippen molar-refractivity contribution in [2.75, 3.05) is 52.9 Å². The van der Waals surface area contributed by atoms with Gasteiger partial charge in [-0.1, -0.05) is 30.3 Å². The van der Waals surface area contributed by atoms with Gasteiger partial charge in [-0.15, -0.1) is 0 Å². The third-order valence-electron chi connectivity index (χ3n) is 8.86. The molecule has 41 heavy (non-hydrogen) atoms. The van der Waals surface area contributed by atoms with E-state index in [0.29, 0.717) is 25.5 Å². The van der Waals surface area contributed by atoms with Crippen molar-refractivity contribution in [3.05, 3.63) is 60.4 Å². The fraction of sp³-hybridized carbons (Fsp3) is 0.419. The van der Waals surface area contributed by atoms with Crippen LogP contribution in [0.4, 0.5) is 9.59 Å². The zero-order valence-corrected chi connectivity index (χ0v) is 23.1. The summed E-state index contributed by atoms with van der Waals surface area (Å²) in [5.41, 5.74) is 2.83. The van der Waals surface area contributed by atoms with Gasteiger partial charge in [0.25, 0.3) is 5.91 Å². The van der Waals surface area contributed by atoms with Gasteiger partial charge in [0.15, 0.2) is 5.54 Å². The fourth-order valence-electron chi connectivity index (χ4n) is 6.58. The Kier molecular flexibility index (Phi) is 6.21. The predicted molar refractivity (Wildman–Crippen MR) is 152 cm³/mol. The Labute approximate surface area is 238 Å². The first-order valence-corrected chi connectivity index (χ1v) is 14.3. The van der Waals surface area contributed by atoms with Crippen molar-refractivity contribution >= 4 is 34.8 Å². The molecule has 212 valence electrons. The number of carbonyl (C=O) groups excluding carboxylic acids is 3. The minimum absolute atomic E-state index is 0.0912. The van der Waals surface area contributed by atoms with Crippen molar-refractivity contribution < 1.29 is 23.5 Å². The molecule has 0 unspecified atom stereocenters. The van der Waals surface area contributed by atoms with Crippen molar-refractivity contribution in [2.45, 2.75) is 24.8 Å². The molecule has 0 N–H and O–H groups in total. The number of amidine groups is 1. The lowest BCUT2D eigenvalue weighted by molar-refractivity contribution is -0.136. The summed E-state index contributed by atoms with van der Waals surface area (Å²) in [7, 11) is 1.34. The molecule has 7 rings (SSSR count). The summed E-state index contributed by atoms with van der Waals surface area (Å²) in [4.78, 5) is 51.1. The Hall–Kier alpha value is -4.34. The molecule has 4 aliphatic rings. The van der Waals surface area contributed by atoms with E-state index in [9.17, 15) is 14.4 Å². The van der Waals surface area contributed by atoms with Crippen LogP contribution < -0.4 is 0 Å². The predicted octanol–water partition coefficient (Wildman–Crippen LogP) is 4.05. The number of likely N-dealkylation sites (tertiary alicyclic amines) is 3. The van der Waals surface area contributed by atoms with E-state index >= 15 is 0 Å². The van der Waals surface area contributed by atoms with Crippen LogP contribution in [0.1, 0.15) is 24.8 Å². The molecule has 4 amide bonds. The summed E-state index contributed by atoms with van der Waals surface area (Å²) < 4.78 is 10.3. The highest BCUT2D eigenvalue weighted by Crippen LogP contribution is 2.36. The molecule has 10 nitrogen and oxygen atoms in total. The molecular formula is C31H33N5O5. The van der Waals surface area contributed by atoms with E-state index in [4.69, 9.17) is 14.1 Å². The van der Waals surface area contributed by atoms with E-state index in [1.165, 1.54) is 12.0 Å². The van der Waals surface area contributed by atoms with Crippen LogP contribution in [-0.4, -0.2) is 102 Å². The first-order valence-electron chi connectivity index (χ1n) is 14.3. The molecule has 0 aliphatic carbocycles. The van der Waals surface area contributed by atoms with Crippen LogP contribution in [-0.2, 0) is 9.53 Å². The molecule has 3 fully saturated rings. The molecule has 0 saturated carbocycles. The molecular weight excluding hydrogens is 522 g/mol. The maximum absolute atomic E-state index is 13.9. The van der Waals surface area contributed by atoms with Crippen molar-refractivity contribution in [1.82, 2.24) is 19.6 Å². The van der Waals surface area contributed by atoms with Gasteiger partial charge in [-0.2, -0.15) is 0 Å². The van der Waals surface area contributed by atoms with E-state index in [2.05, 4.69) is 6.07 Å². The van der Waals surface area contributed by atoms with Crippen LogP contribution in [0.25, 0.3) is 22.1 Å². The van der Waals surface area contributed by atoms with Gasteiger partial charge < -0.3 is 23.9 Å². The summed E-state index contributed by atoms with van der Waals surface area (Å²) in [5.74, 6) is 0.690. The van der Waals surface area contributed by atoms with Crippen molar-refractivity contribution in [3.8, 4) is 11.1 Å². The number of urea groups is 1. The van der Waals surface area contributed by atoms with Crippen LogP contribution >= 0.6 is 0 Å². The fourth-order valence-corrected chi connectivity index (χ4v) is 6.58. The monoisotopic (exact) mass is 555 g/mol. The van der Waals surface area contributed by atoms with Gasteiger partial charge in [0, 0.05) is 43.7 Å². The van der Waals surface area contributed by atoms with E-state index in [1.807, 2.05) is 52.3 Å². The summed E-state index contributed by atoms with van der Waals surface area (Å²) in [6.07, 6.45) is 4.20. The lowest BCUT2D eigenvalue weighted by Crippen LogP contribution is -2.66. The van der Waals surface area contributed by atoms with Crippen LogP contribution in [0.3, 0.4) is 0 Å². The number of fused-ring (bicyclic) bond motifs is 1. The molecule has 1 spiro atoms. The molecule has 1 atom stereocenters. The van der Waals surface area contributed by atoms with Crippen LogP contribution in [0.15, 0.2) is 64.2 Å². The van der Waals surface area contributed by atoms with Crippen LogP contribution in [0, 0.1) is 5.92 Å². The molecule has 5 heterocycles. The second kappa shape index (κ2) is 9.94. The Morgan fingerprint density at radius 1 is 0.951 bits per heavy atom. The van der Waals surface area contributed by atoms with Gasteiger partial charge in [0.1, 0.15) is 11.4 Å². The maximum atomic E-state index is 13.9. The topological polar surface area (TPSA) is 98.9 Å². The number of methoxy groups -OCH3 is 1. The molecule has 4 aliphatic heterocycles. The number of rotatable bonds is 4. The highest BCUT2D eigenvalue weighted by Gasteiger charge is 2.58. The van der Waals surface area contributed by atoms with Crippen molar-refractivity contribution in [3.63, 3.8) is 0 Å². The van der Waals surface area contributed by atoms with Gasteiger partial charge in [-0.3, -0.25) is 9.69 Å². The van der Waals surface area contributed by atoms with Crippen LogP contribution in [0.5, 0.6) is 0 Å². The summed E-state index contributed by atoms with van der Waals surface area (Å²) in [6, 6.07) is 16.2. The number of aliphatic imine (C=N–C) groups is 1. The average Bonchev–Trinajstić information content (AvgIpc) is 3.79. The zero-order valence-electron chi connectivity index (χ0n) is 23.1. The van der Waals surface area contributed by atoms with E-state index < -0.39 is 11.6 Å². The highest BCUT2D eigenvalue weighted by atomic mass is 16.5. The van der Waals surface area contributed by atoms with E-state index in [-0.39, 0.29) is 30.9 Å². The second-order valence-corrected chi connectivity index (χ2v) is 11.5. The Morgan fingerprint density at radius 2 is 1.68 bits per heavy atom. The zero-order chi connectivity index (χ0) is 28.1. The smallest absolute Gasteiger partial charge is 0.409 e. The number of carbonyl (C=O) groups is 3. The SMILES string of the molecule is COC(=O)N1CC2(C1)N=C(c1ccc(-c3ccc4occc4c3)cc1)N(C[C@@H]1CCN(C(=O)N3CCCC3)C1)C2=O. The van der Waals surface area contributed by atoms with Crippen molar-refractivity contribution in [2.24, 2.45) is 10.9 Å². The number of hydrogen-bond acceptors (Lipinski definition) is 6. The second-order valence-electron chi connectivity index (χ2n) is 11.5. The number of furan rings is 1.